The topological polar surface area (TPSA) is 30.7 Å². The summed E-state index contributed by atoms with van der Waals surface area (Å²) in [6, 6.07) is 14.6. The van der Waals surface area contributed by atoms with Crippen LogP contribution in [-0.2, 0) is 5.41 Å². The molecule has 0 N–H and O–H groups in total. The maximum atomic E-state index is 4.32. The Morgan fingerprint density at radius 1 is 1.00 bits per heavy atom. The van der Waals surface area contributed by atoms with E-state index in [0.29, 0.717) is 0 Å². The SMILES string of the molecule is Cc1ccc(C(C)(C)C)cc1-n1nnc2ccccc21. The van der Waals surface area contributed by atoms with Crippen molar-refractivity contribution in [2.45, 2.75) is 33.1 Å². The Balaban J connectivity index is 2.24. The third-order valence-electron chi connectivity index (χ3n) is 3.66. The summed E-state index contributed by atoms with van der Waals surface area (Å²) in [6.45, 7) is 8.78. The molecule has 1 aromatic heterocycles. The second-order valence-electron chi connectivity index (χ2n) is 6.24. The molecule has 0 bridgehead atoms. The largest absolute Gasteiger partial charge is 0.213 e. The normalized spacial score (nSPS) is 12.0. The summed E-state index contributed by atoms with van der Waals surface area (Å²) in [7, 11) is 0. The van der Waals surface area contributed by atoms with Crippen LogP contribution in [0, 0.1) is 6.92 Å². The minimum atomic E-state index is 0.124. The van der Waals surface area contributed by atoms with Gasteiger partial charge in [0, 0.05) is 0 Å². The lowest BCUT2D eigenvalue weighted by Gasteiger charge is -2.20. The first-order valence-electron chi connectivity index (χ1n) is 6.89. The number of aromatic nitrogens is 3. The van der Waals surface area contributed by atoms with Crippen LogP contribution in [0.2, 0.25) is 0 Å². The lowest BCUT2D eigenvalue weighted by molar-refractivity contribution is 0.589. The van der Waals surface area contributed by atoms with E-state index in [9.17, 15) is 0 Å². The molecule has 0 atom stereocenters. The van der Waals surface area contributed by atoms with Gasteiger partial charge in [0.05, 0.1) is 11.2 Å². The van der Waals surface area contributed by atoms with Crippen LogP contribution < -0.4 is 0 Å². The molecule has 1 heterocycles. The standard InChI is InChI=1S/C17H19N3/c1-12-9-10-13(17(2,3)4)11-16(12)20-15-8-6-5-7-14(15)18-19-20/h5-11H,1-4H3. The van der Waals surface area contributed by atoms with Gasteiger partial charge in [-0.25, -0.2) is 4.68 Å². The van der Waals surface area contributed by atoms with Crippen molar-refractivity contribution in [1.82, 2.24) is 15.0 Å². The Morgan fingerprint density at radius 3 is 2.50 bits per heavy atom. The Labute approximate surface area is 119 Å². The molecular weight excluding hydrogens is 246 g/mol. The van der Waals surface area contributed by atoms with E-state index in [-0.39, 0.29) is 5.41 Å². The average Bonchev–Trinajstić information content (AvgIpc) is 2.82. The molecule has 2 aromatic carbocycles. The number of fused-ring (bicyclic) bond motifs is 1. The predicted octanol–water partition coefficient (Wildman–Crippen LogP) is 4.03. The minimum Gasteiger partial charge on any atom is -0.213 e. The van der Waals surface area contributed by atoms with Gasteiger partial charge >= 0.3 is 0 Å². The molecule has 0 saturated carbocycles. The monoisotopic (exact) mass is 265 g/mol. The highest BCUT2D eigenvalue weighted by Gasteiger charge is 2.16. The molecule has 102 valence electrons. The number of benzene rings is 2. The molecule has 0 amide bonds. The zero-order valence-corrected chi connectivity index (χ0v) is 12.4. The fourth-order valence-electron chi connectivity index (χ4n) is 2.35. The van der Waals surface area contributed by atoms with Gasteiger partial charge < -0.3 is 0 Å². The van der Waals surface area contributed by atoms with Crippen molar-refractivity contribution in [3.63, 3.8) is 0 Å². The van der Waals surface area contributed by atoms with E-state index in [4.69, 9.17) is 0 Å². The number of hydrogen-bond acceptors (Lipinski definition) is 2. The van der Waals surface area contributed by atoms with Gasteiger partial charge in [-0.15, -0.1) is 5.10 Å². The maximum absolute atomic E-state index is 4.32. The minimum absolute atomic E-state index is 0.124. The third kappa shape index (κ3) is 2.09. The highest BCUT2D eigenvalue weighted by atomic mass is 15.4. The second-order valence-corrected chi connectivity index (χ2v) is 6.24. The number of hydrogen-bond donors (Lipinski definition) is 0. The molecule has 0 spiro atoms. The molecule has 0 radical (unpaired) electrons. The van der Waals surface area contributed by atoms with Crippen molar-refractivity contribution in [2.75, 3.05) is 0 Å². The molecule has 0 aliphatic carbocycles. The molecule has 0 saturated heterocycles. The summed E-state index contributed by atoms with van der Waals surface area (Å²) in [4.78, 5) is 0. The van der Waals surface area contributed by atoms with Gasteiger partial charge in [-0.1, -0.05) is 50.3 Å². The summed E-state index contributed by atoms with van der Waals surface area (Å²) in [5.74, 6) is 0. The molecule has 20 heavy (non-hydrogen) atoms. The average molecular weight is 265 g/mol. The van der Waals surface area contributed by atoms with E-state index >= 15 is 0 Å². The molecule has 0 fully saturated rings. The van der Waals surface area contributed by atoms with E-state index in [1.165, 1.54) is 11.1 Å². The summed E-state index contributed by atoms with van der Waals surface area (Å²) < 4.78 is 1.93. The lowest BCUT2D eigenvalue weighted by Crippen LogP contribution is -2.12. The fraction of sp³-hybridized carbons (Fsp3) is 0.294. The molecule has 3 rings (SSSR count). The van der Waals surface area contributed by atoms with Crippen LogP contribution in [0.3, 0.4) is 0 Å². The maximum Gasteiger partial charge on any atom is 0.113 e. The van der Waals surface area contributed by atoms with Gasteiger partial charge in [0.2, 0.25) is 0 Å². The quantitative estimate of drug-likeness (QED) is 0.665. The summed E-state index contributed by atoms with van der Waals surface area (Å²) in [6.07, 6.45) is 0. The van der Waals surface area contributed by atoms with Crippen LogP contribution in [-0.4, -0.2) is 15.0 Å². The van der Waals surface area contributed by atoms with Crippen LogP contribution in [0.15, 0.2) is 42.5 Å². The Morgan fingerprint density at radius 2 is 1.75 bits per heavy atom. The number of para-hydroxylation sites is 1. The van der Waals surface area contributed by atoms with Crippen molar-refractivity contribution in [3.05, 3.63) is 53.6 Å². The van der Waals surface area contributed by atoms with Crippen LogP contribution in [0.4, 0.5) is 0 Å². The Bertz CT molecular complexity index is 763. The molecular formula is C17H19N3. The third-order valence-corrected chi connectivity index (χ3v) is 3.66. The predicted molar refractivity (Wildman–Crippen MR) is 82.3 cm³/mol. The molecule has 3 aromatic rings. The van der Waals surface area contributed by atoms with E-state index in [0.717, 1.165) is 16.7 Å². The zero-order valence-electron chi connectivity index (χ0n) is 12.4. The van der Waals surface area contributed by atoms with Crippen molar-refractivity contribution in [2.24, 2.45) is 0 Å². The van der Waals surface area contributed by atoms with Crippen molar-refractivity contribution in [3.8, 4) is 5.69 Å². The van der Waals surface area contributed by atoms with E-state index in [2.05, 4.69) is 62.3 Å². The molecule has 3 heteroatoms. The van der Waals surface area contributed by atoms with Crippen molar-refractivity contribution < 1.29 is 0 Å². The number of nitrogens with zero attached hydrogens (tertiary/aromatic N) is 3. The van der Waals surface area contributed by atoms with E-state index < -0.39 is 0 Å². The molecule has 0 unspecified atom stereocenters. The van der Waals surface area contributed by atoms with E-state index in [1.807, 2.05) is 22.9 Å². The number of aryl methyl sites for hydroxylation is 1. The first-order chi connectivity index (χ1) is 9.47. The first-order valence-corrected chi connectivity index (χ1v) is 6.89. The van der Waals surface area contributed by atoms with Crippen LogP contribution in [0.25, 0.3) is 16.7 Å². The molecule has 3 nitrogen and oxygen atoms in total. The van der Waals surface area contributed by atoms with Crippen LogP contribution in [0.1, 0.15) is 31.9 Å². The van der Waals surface area contributed by atoms with Crippen LogP contribution in [0.5, 0.6) is 0 Å². The van der Waals surface area contributed by atoms with Gasteiger partial charge in [0.1, 0.15) is 5.52 Å². The molecule has 0 aliphatic heterocycles. The van der Waals surface area contributed by atoms with Crippen molar-refractivity contribution in [1.29, 1.82) is 0 Å². The fourth-order valence-corrected chi connectivity index (χ4v) is 2.35. The highest BCUT2D eigenvalue weighted by Crippen LogP contribution is 2.27. The molecule has 0 aliphatic rings. The van der Waals surface area contributed by atoms with Gasteiger partial charge in [0.15, 0.2) is 0 Å². The lowest BCUT2D eigenvalue weighted by atomic mass is 9.86. The summed E-state index contributed by atoms with van der Waals surface area (Å²) in [5.41, 5.74) is 5.70. The highest BCUT2D eigenvalue weighted by molar-refractivity contribution is 5.76. The van der Waals surface area contributed by atoms with Gasteiger partial charge in [-0.3, -0.25) is 0 Å². The zero-order chi connectivity index (χ0) is 14.3. The number of rotatable bonds is 1. The van der Waals surface area contributed by atoms with Gasteiger partial charge in [-0.05, 0) is 41.7 Å². The van der Waals surface area contributed by atoms with Crippen molar-refractivity contribution >= 4 is 11.0 Å². The smallest absolute Gasteiger partial charge is 0.113 e. The summed E-state index contributed by atoms with van der Waals surface area (Å²) in [5, 5.41) is 8.56. The van der Waals surface area contributed by atoms with Crippen LogP contribution >= 0.6 is 0 Å². The summed E-state index contributed by atoms with van der Waals surface area (Å²) >= 11 is 0. The first kappa shape index (κ1) is 12.9. The van der Waals surface area contributed by atoms with E-state index in [1.54, 1.807) is 0 Å². The Kier molecular flexibility index (Phi) is 2.85. The van der Waals surface area contributed by atoms with Gasteiger partial charge in [0.25, 0.3) is 0 Å². The second kappa shape index (κ2) is 4.44. The van der Waals surface area contributed by atoms with Gasteiger partial charge in [-0.2, -0.15) is 0 Å². The Hall–Kier alpha value is -2.16.